The van der Waals surface area contributed by atoms with Crippen molar-refractivity contribution in [3.8, 4) is 22.3 Å². The predicted molar refractivity (Wildman–Crippen MR) is 267 cm³/mol. The average molecular weight is 798 g/mol. The third-order valence-corrected chi connectivity index (χ3v) is 11.3. The Balaban J connectivity index is 0.000000343. The lowest BCUT2D eigenvalue weighted by molar-refractivity contribution is 0.918. The van der Waals surface area contributed by atoms with E-state index >= 15 is 0 Å². The van der Waals surface area contributed by atoms with E-state index in [1.54, 1.807) is 0 Å². The van der Waals surface area contributed by atoms with Crippen LogP contribution in [0.15, 0.2) is 218 Å². The van der Waals surface area contributed by atoms with Gasteiger partial charge in [0.05, 0.1) is 0 Å². The number of rotatable bonds is 7. The summed E-state index contributed by atoms with van der Waals surface area (Å²) in [7, 11) is 4.28. The first-order valence-corrected chi connectivity index (χ1v) is 22.0. The van der Waals surface area contributed by atoms with Gasteiger partial charge in [-0.2, -0.15) is 0 Å². The molecule has 6 aromatic carbocycles. The Morgan fingerprint density at radius 1 is 0.410 bits per heavy atom. The molecule has 1 heterocycles. The van der Waals surface area contributed by atoms with Crippen LogP contribution in [0.3, 0.4) is 0 Å². The van der Waals surface area contributed by atoms with Crippen LogP contribution in [0.25, 0.3) is 44.1 Å². The van der Waals surface area contributed by atoms with Crippen LogP contribution in [0.5, 0.6) is 0 Å². The first-order valence-electron chi connectivity index (χ1n) is 22.0. The first-order chi connectivity index (χ1) is 30.1. The Kier molecular flexibility index (Phi) is 14.9. The van der Waals surface area contributed by atoms with E-state index in [1.165, 1.54) is 98.2 Å². The van der Waals surface area contributed by atoms with E-state index < -0.39 is 0 Å². The molecule has 0 spiro atoms. The van der Waals surface area contributed by atoms with E-state index in [2.05, 4.69) is 241 Å². The van der Waals surface area contributed by atoms with Crippen LogP contribution in [-0.2, 0) is 7.05 Å². The second-order valence-corrected chi connectivity index (χ2v) is 15.2. The molecule has 0 aliphatic heterocycles. The number of allylic oxidation sites excluding steroid dienone is 12. The smallest absolute Gasteiger partial charge is 0.0489 e. The van der Waals surface area contributed by atoms with Gasteiger partial charge in [0, 0.05) is 64.3 Å². The van der Waals surface area contributed by atoms with Crippen LogP contribution in [-0.4, -0.2) is 11.6 Å². The average Bonchev–Trinajstić information content (AvgIpc) is 3.64. The van der Waals surface area contributed by atoms with Crippen LogP contribution >= 0.6 is 0 Å². The molecule has 10 rings (SSSR count). The molecule has 0 atom stereocenters. The van der Waals surface area contributed by atoms with Gasteiger partial charge >= 0.3 is 0 Å². The van der Waals surface area contributed by atoms with Gasteiger partial charge in [0.25, 0.3) is 0 Å². The zero-order valence-corrected chi connectivity index (χ0v) is 36.3. The third-order valence-electron chi connectivity index (χ3n) is 11.3. The molecule has 0 saturated carbocycles. The molecule has 0 fully saturated rings. The molecule has 0 unspecified atom stereocenters. The van der Waals surface area contributed by atoms with Crippen molar-refractivity contribution in [3.05, 3.63) is 218 Å². The molecule has 306 valence electrons. The normalized spacial score (nSPS) is 13.6. The van der Waals surface area contributed by atoms with Crippen molar-refractivity contribution >= 4 is 44.6 Å². The highest BCUT2D eigenvalue weighted by atomic mass is 15.1. The Bertz CT molecular complexity index is 2600. The molecule has 0 saturated heterocycles. The van der Waals surface area contributed by atoms with Crippen molar-refractivity contribution in [3.63, 3.8) is 0 Å². The molecule has 0 bridgehead atoms. The van der Waals surface area contributed by atoms with Gasteiger partial charge in [-0.25, -0.2) is 0 Å². The fourth-order valence-corrected chi connectivity index (χ4v) is 7.98. The molecule has 7 aromatic rings. The quantitative estimate of drug-likeness (QED) is 0.159. The van der Waals surface area contributed by atoms with E-state index in [0.29, 0.717) is 0 Å². The molecule has 1 aromatic heterocycles. The minimum absolute atomic E-state index is 1.03. The Morgan fingerprint density at radius 3 is 1.23 bits per heavy atom. The van der Waals surface area contributed by atoms with Crippen LogP contribution in [0.2, 0.25) is 0 Å². The molecular formula is C58H59N3. The molecule has 61 heavy (non-hydrogen) atoms. The van der Waals surface area contributed by atoms with Crippen molar-refractivity contribution in [1.82, 2.24) is 4.57 Å². The summed E-state index contributed by atoms with van der Waals surface area (Å²) in [5.74, 6) is 0. The van der Waals surface area contributed by atoms with E-state index in [4.69, 9.17) is 0 Å². The van der Waals surface area contributed by atoms with Gasteiger partial charge in [-0.05, 0) is 140 Å². The maximum absolute atomic E-state index is 2.38. The summed E-state index contributed by atoms with van der Waals surface area (Å²) in [6.07, 6.45) is 30.8. The summed E-state index contributed by atoms with van der Waals surface area (Å²) in [5, 5.41) is 2.55. The largest absolute Gasteiger partial charge is 0.345 e. The van der Waals surface area contributed by atoms with Gasteiger partial charge in [-0.3, -0.25) is 0 Å². The number of para-hydroxylation sites is 2. The third kappa shape index (κ3) is 10.5. The van der Waals surface area contributed by atoms with Crippen LogP contribution < -0.4 is 9.80 Å². The van der Waals surface area contributed by atoms with E-state index in [1.807, 2.05) is 13.8 Å². The molecule has 0 amide bonds. The Labute approximate surface area is 364 Å². The van der Waals surface area contributed by atoms with Gasteiger partial charge in [0.2, 0.25) is 0 Å². The van der Waals surface area contributed by atoms with E-state index in [9.17, 15) is 0 Å². The van der Waals surface area contributed by atoms with Crippen molar-refractivity contribution in [2.75, 3.05) is 16.8 Å². The lowest BCUT2D eigenvalue weighted by atomic mass is 9.99. The predicted octanol–water partition coefficient (Wildman–Crippen LogP) is 16.6. The second-order valence-electron chi connectivity index (χ2n) is 15.2. The maximum Gasteiger partial charge on any atom is 0.0489 e. The van der Waals surface area contributed by atoms with Crippen molar-refractivity contribution in [1.29, 1.82) is 0 Å². The minimum Gasteiger partial charge on any atom is -0.345 e. The van der Waals surface area contributed by atoms with Gasteiger partial charge in [-0.1, -0.05) is 147 Å². The molecule has 0 radical (unpaired) electrons. The molecule has 3 aliphatic rings. The zero-order chi connectivity index (χ0) is 42.2. The highest BCUT2D eigenvalue weighted by molar-refractivity contribution is 6.10. The highest BCUT2D eigenvalue weighted by Gasteiger charge is 2.16. The van der Waals surface area contributed by atoms with Crippen molar-refractivity contribution in [2.45, 2.75) is 52.4 Å². The lowest BCUT2D eigenvalue weighted by Gasteiger charge is -2.29. The lowest BCUT2D eigenvalue weighted by Crippen LogP contribution is -2.17. The van der Waals surface area contributed by atoms with Gasteiger partial charge in [-0.15, -0.1) is 0 Å². The number of hydrogen-bond donors (Lipinski definition) is 0. The molecule has 3 heteroatoms. The number of aryl methyl sites for hydroxylation is 1. The second kappa shape index (κ2) is 21.4. The topological polar surface area (TPSA) is 11.4 Å². The summed E-state index contributed by atoms with van der Waals surface area (Å²) in [4.78, 5) is 4.60. The number of fused-ring (bicyclic) bond motifs is 3. The summed E-state index contributed by atoms with van der Waals surface area (Å²) in [5.41, 5.74) is 13.4. The summed E-state index contributed by atoms with van der Waals surface area (Å²) >= 11 is 0. The van der Waals surface area contributed by atoms with Crippen molar-refractivity contribution in [2.24, 2.45) is 7.05 Å². The number of nitrogens with zero attached hydrogens (tertiary/aromatic N) is 3. The SMILES string of the molecule is C1=CCCC=C1.C1=CCCC=C1.CC.CN(c1ccccc1)c1ccc(-c2ccc3c(c2)c2cc(-c4ccc(N(C5=CC=CCC5)c5ccccc5)cc4)ccc2n3C)cc1. The van der Waals surface area contributed by atoms with Gasteiger partial charge < -0.3 is 14.4 Å². The van der Waals surface area contributed by atoms with Crippen molar-refractivity contribution < 1.29 is 0 Å². The van der Waals surface area contributed by atoms with E-state index in [0.717, 1.165) is 12.8 Å². The fraction of sp³-hybridized carbons (Fsp3) is 0.172. The molecular weight excluding hydrogens is 739 g/mol. The van der Waals surface area contributed by atoms with Crippen LogP contribution in [0.1, 0.15) is 52.4 Å². The summed E-state index contributed by atoms with van der Waals surface area (Å²) in [6.45, 7) is 4.00. The maximum atomic E-state index is 2.38. The standard InChI is InChI=1S/C44H37N3.2C6H8.C2H6/c1-45(36-12-6-3-7-13-36)37-24-18-32(19-25-37)34-22-28-43-41(30-34)42-31-35(23-29-44(42)46(43)2)33-20-26-40(27-21-33)47(38-14-8-4-9-15-38)39-16-10-5-11-17-39;2*1-2-4-6-5-3-1;1-2/h3-10,12-16,18-31H,11,17H2,1-2H3;2*1-4H,5-6H2;1-2H3. The molecule has 0 N–H and O–H groups in total. The Morgan fingerprint density at radius 2 is 0.803 bits per heavy atom. The Hall–Kier alpha value is -6.84. The van der Waals surface area contributed by atoms with Crippen LogP contribution in [0.4, 0.5) is 22.7 Å². The highest BCUT2D eigenvalue weighted by Crippen LogP contribution is 2.38. The van der Waals surface area contributed by atoms with Gasteiger partial charge in [0.1, 0.15) is 0 Å². The molecule has 3 nitrogen and oxygen atoms in total. The summed E-state index contributed by atoms with van der Waals surface area (Å²) < 4.78 is 2.31. The fourth-order valence-electron chi connectivity index (χ4n) is 7.98. The number of benzene rings is 6. The van der Waals surface area contributed by atoms with Gasteiger partial charge in [0.15, 0.2) is 0 Å². The minimum atomic E-state index is 1.03. The summed E-state index contributed by atoms with van der Waals surface area (Å²) in [6, 6.07) is 52.8. The zero-order valence-electron chi connectivity index (χ0n) is 36.3. The van der Waals surface area contributed by atoms with Crippen LogP contribution in [0, 0.1) is 0 Å². The molecule has 3 aliphatic carbocycles. The number of aromatic nitrogens is 1. The monoisotopic (exact) mass is 797 g/mol. The number of hydrogen-bond acceptors (Lipinski definition) is 2. The van der Waals surface area contributed by atoms with E-state index in [-0.39, 0.29) is 0 Å². The first kappa shape index (κ1) is 42.3. The number of anilines is 4.